The van der Waals surface area contributed by atoms with Crippen LogP contribution < -0.4 is 11.1 Å². The monoisotopic (exact) mass is 265 g/mol. The molecule has 1 aromatic heterocycles. The first-order valence-corrected chi connectivity index (χ1v) is 6.38. The Balaban J connectivity index is 1.89. The number of rotatable bonds is 2. The Hall–Kier alpha value is -2.75. The van der Waals surface area contributed by atoms with E-state index >= 15 is 0 Å². The smallest absolute Gasteiger partial charge is 0.257 e. The average molecular weight is 265 g/mol. The zero-order chi connectivity index (χ0) is 14.1. The second-order valence-electron chi connectivity index (χ2n) is 4.82. The first-order valence-electron chi connectivity index (χ1n) is 6.38. The van der Waals surface area contributed by atoms with Crippen LogP contribution in [0, 0.1) is 6.92 Å². The number of anilines is 2. The van der Waals surface area contributed by atoms with Crippen LogP contribution >= 0.6 is 0 Å². The standard InChI is InChI=1S/C16H15N3O/c1-10-2-4-14(17)13(8-10)16(20)19-12-3-5-15-11(9-12)6-7-18-15/h2-9,18H,17H2,1H3,(H,19,20). The molecule has 3 rings (SSSR count). The number of aryl methyl sites for hydroxylation is 1. The predicted octanol–water partition coefficient (Wildman–Crippen LogP) is 3.31. The predicted molar refractivity (Wildman–Crippen MR) is 81.8 cm³/mol. The minimum atomic E-state index is -0.193. The first-order chi connectivity index (χ1) is 9.63. The van der Waals surface area contributed by atoms with Gasteiger partial charge in [-0.2, -0.15) is 0 Å². The third-order valence-corrected chi connectivity index (χ3v) is 3.26. The van der Waals surface area contributed by atoms with E-state index in [1.165, 1.54) is 0 Å². The fraction of sp³-hybridized carbons (Fsp3) is 0.0625. The molecule has 0 atom stereocenters. The SMILES string of the molecule is Cc1ccc(N)c(C(=O)Nc2ccc3[nH]ccc3c2)c1. The number of aromatic nitrogens is 1. The zero-order valence-electron chi connectivity index (χ0n) is 11.1. The number of aromatic amines is 1. The van der Waals surface area contributed by atoms with Crippen LogP contribution in [0.25, 0.3) is 10.9 Å². The molecule has 0 aliphatic carbocycles. The number of nitrogens with one attached hydrogen (secondary N) is 2. The van der Waals surface area contributed by atoms with E-state index in [-0.39, 0.29) is 5.91 Å². The molecule has 0 spiro atoms. The molecular formula is C16H15N3O. The molecule has 4 nitrogen and oxygen atoms in total. The van der Waals surface area contributed by atoms with Crippen molar-refractivity contribution in [1.82, 2.24) is 4.98 Å². The van der Waals surface area contributed by atoms with Gasteiger partial charge in [-0.3, -0.25) is 4.79 Å². The molecule has 0 saturated carbocycles. The van der Waals surface area contributed by atoms with Crippen LogP contribution in [0.1, 0.15) is 15.9 Å². The fourth-order valence-electron chi connectivity index (χ4n) is 2.20. The van der Waals surface area contributed by atoms with Gasteiger partial charge < -0.3 is 16.0 Å². The van der Waals surface area contributed by atoms with Crippen LogP contribution in [-0.4, -0.2) is 10.9 Å². The maximum Gasteiger partial charge on any atom is 0.257 e. The topological polar surface area (TPSA) is 70.9 Å². The summed E-state index contributed by atoms with van der Waals surface area (Å²) >= 11 is 0. The molecule has 0 fully saturated rings. The molecule has 0 bridgehead atoms. The lowest BCUT2D eigenvalue weighted by Crippen LogP contribution is -2.14. The number of carbonyl (C=O) groups excluding carboxylic acids is 1. The molecule has 4 heteroatoms. The van der Waals surface area contributed by atoms with Gasteiger partial charge in [-0.15, -0.1) is 0 Å². The molecular weight excluding hydrogens is 250 g/mol. The molecule has 2 aromatic carbocycles. The second kappa shape index (κ2) is 4.74. The van der Waals surface area contributed by atoms with Gasteiger partial charge in [0.05, 0.1) is 5.56 Å². The van der Waals surface area contributed by atoms with Crippen molar-refractivity contribution in [2.24, 2.45) is 0 Å². The number of H-pyrrole nitrogens is 1. The van der Waals surface area contributed by atoms with E-state index in [4.69, 9.17) is 5.73 Å². The zero-order valence-corrected chi connectivity index (χ0v) is 11.1. The second-order valence-corrected chi connectivity index (χ2v) is 4.82. The number of carbonyl (C=O) groups is 1. The van der Waals surface area contributed by atoms with Crippen LogP contribution in [0.15, 0.2) is 48.7 Å². The fourth-order valence-corrected chi connectivity index (χ4v) is 2.20. The summed E-state index contributed by atoms with van der Waals surface area (Å²) in [7, 11) is 0. The summed E-state index contributed by atoms with van der Waals surface area (Å²) in [6.45, 7) is 1.93. The molecule has 100 valence electrons. The highest BCUT2D eigenvalue weighted by Crippen LogP contribution is 2.20. The Labute approximate surface area is 116 Å². The third-order valence-electron chi connectivity index (χ3n) is 3.26. The molecule has 0 unspecified atom stereocenters. The van der Waals surface area contributed by atoms with E-state index in [9.17, 15) is 4.79 Å². The highest BCUT2D eigenvalue weighted by Gasteiger charge is 2.10. The van der Waals surface area contributed by atoms with Crippen molar-refractivity contribution in [2.45, 2.75) is 6.92 Å². The largest absolute Gasteiger partial charge is 0.398 e. The van der Waals surface area contributed by atoms with E-state index in [0.29, 0.717) is 11.3 Å². The van der Waals surface area contributed by atoms with Crippen LogP contribution in [0.3, 0.4) is 0 Å². The maximum absolute atomic E-state index is 12.3. The number of nitrogens with two attached hydrogens (primary N) is 1. The van der Waals surface area contributed by atoms with E-state index in [0.717, 1.165) is 22.2 Å². The number of hydrogen-bond acceptors (Lipinski definition) is 2. The van der Waals surface area contributed by atoms with Crippen molar-refractivity contribution in [3.8, 4) is 0 Å². The van der Waals surface area contributed by atoms with Gasteiger partial charge in [0, 0.05) is 28.5 Å². The molecule has 0 saturated heterocycles. The summed E-state index contributed by atoms with van der Waals surface area (Å²) in [6, 6.07) is 13.1. The maximum atomic E-state index is 12.3. The van der Waals surface area contributed by atoms with Gasteiger partial charge in [0.25, 0.3) is 5.91 Å². The molecule has 0 aliphatic rings. The van der Waals surface area contributed by atoms with Crippen LogP contribution in [-0.2, 0) is 0 Å². The summed E-state index contributed by atoms with van der Waals surface area (Å²) in [5, 5.41) is 3.93. The summed E-state index contributed by atoms with van der Waals surface area (Å²) in [5.74, 6) is -0.193. The number of amides is 1. The van der Waals surface area contributed by atoms with Crippen molar-refractivity contribution in [1.29, 1.82) is 0 Å². The Morgan fingerprint density at radius 3 is 2.85 bits per heavy atom. The lowest BCUT2D eigenvalue weighted by atomic mass is 10.1. The third kappa shape index (κ3) is 2.23. The highest BCUT2D eigenvalue weighted by atomic mass is 16.1. The summed E-state index contributed by atoms with van der Waals surface area (Å²) in [6.07, 6.45) is 1.87. The van der Waals surface area contributed by atoms with Crippen molar-refractivity contribution in [3.63, 3.8) is 0 Å². The molecule has 20 heavy (non-hydrogen) atoms. The number of nitrogen functional groups attached to an aromatic ring is 1. The Morgan fingerprint density at radius 2 is 2.00 bits per heavy atom. The lowest BCUT2D eigenvalue weighted by molar-refractivity contribution is 0.102. The van der Waals surface area contributed by atoms with Gasteiger partial charge in [-0.1, -0.05) is 11.6 Å². The van der Waals surface area contributed by atoms with Gasteiger partial charge in [0.15, 0.2) is 0 Å². The van der Waals surface area contributed by atoms with Crippen LogP contribution in [0.4, 0.5) is 11.4 Å². The first kappa shape index (κ1) is 12.3. The van der Waals surface area contributed by atoms with Gasteiger partial charge >= 0.3 is 0 Å². The highest BCUT2D eigenvalue weighted by molar-refractivity contribution is 6.08. The number of hydrogen-bond donors (Lipinski definition) is 3. The minimum absolute atomic E-state index is 0.193. The van der Waals surface area contributed by atoms with Crippen LogP contribution in [0.5, 0.6) is 0 Å². The van der Waals surface area contributed by atoms with Crippen molar-refractivity contribution in [3.05, 3.63) is 59.8 Å². The van der Waals surface area contributed by atoms with Crippen LogP contribution in [0.2, 0.25) is 0 Å². The Kier molecular flexibility index (Phi) is 2.91. The molecule has 0 aliphatic heterocycles. The minimum Gasteiger partial charge on any atom is -0.398 e. The summed E-state index contributed by atoms with van der Waals surface area (Å²) in [4.78, 5) is 15.4. The molecule has 1 amide bonds. The van der Waals surface area contributed by atoms with Crippen molar-refractivity contribution < 1.29 is 4.79 Å². The summed E-state index contributed by atoms with van der Waals surface area (Å²) < 4.78 is 0. The number of fused-ring (bicyclic) bond motifs is 1. The normalized spacial score (nSPS) is 10.7. The van der Waals surface area contributed by atoms with E-state index in [2.05, 4.69) is 10.3 Å². The lowest BCUT2D eigenvalue weighted by Gasteiger charge is -2.08. The number of benzene rings is 2. The molecule has 3 aromatic rings. The Morgan fingerprint density at radius 1 is 1.15 bits per heavy atom. The summed E-state index contributed by atoms with van der Waals surface area (Å²) in [5.41, 5.74) is 9.63. The van der Waals surface area contributed by atoms with Crippen molar-refractivity contribution in [2.75, 3.05) is 11.1 Å². The quantitative estimate of drug-likeness (QED) is 0.622. The van der Waals surface area contributed by atoms with Gasteiger partial charge in [-0.25, -0.2) is 0 Å². The van der Waals surface area contributed by atoms with Gasteiger partial charge in [-0.05, 0) is 43.3 Å². The van der Waals surface area contributed by atoms with E-state index in [1.807, 2.05) is 43.5 Å². The Bertz CT molecular complexity index is 789. The molecule has 1 heterocycles. The molecule has 4 N–H and O–H groups in total. The van der Waals surface area contributed by atoms with E-state index < -0.39 is 0 Å². The van der Waals surface area contributed by atoms with Crippen molar-refractivity contribution >= 4 is 28.2 Å². The average Bonchev–Trinajstić information content (AvgIpc) is 2.89. The molecule has 0 radical (unpaired) electrons. The van der Waals surface area contributed by atoms with E-state index in [1.54, 1.807) is 12.1 Å². The van der Waals surface area contributed by atoms with Gasteiger partial charge in [0.1, 0.15) is 0 Å². The van der Waals surface area contributed by atoms with Gasteiger partial charge in [0.2, 0.25) is 0 Å².